The van der Waals surface area contributed by atoms with Crippen molar-refractivity contribution in [2.75, 3.05) is 20.1 Å². The molecule has 0 aliphatic heterocycles. The van der Waals surface area contributed by atoms with Crippen molar-refractivity contribution in [3.8, 4) is 5.75 Å². The molecule has 0 spiro atoms. The third-order valence-electron chi connectivity index (χ3n) is 4.52. The summed E-state index contributed by atoms with van der Waals surface area (Å²) in [6, 6.07) is 13.9. The van der Waals surface area contributed by atoms with Crippen LogP contribution in [0.4, 0.5) is 4.39 Å². The smallest absolute Gasteiger partial charge is 0.222 e. The van der Waals surface area contributed by atoms with Crippen molar-refractivity contribution in [1.82, 2.24) is 10.6 Å². The summed E-state index contributed by atoms with van der Waals surface area (Å²) in [5.74, 6) is 0.218. The van der Waals surface area contributed by atoms with Crippen LogP contribution in [0.15, 0.2) is 53.5 Å². The average Bonchev–Trinajstić information content (AvgIpc) is 2.70. The summed E-state index contributed by atoms with van der Waals surface area (Å²) in [6.07, 6.45) is 0.340. The summed E-state index contributed by atoms with van der Waals surface area (Å²) >= 11 is 0. The van der Waals surface area contributed by atoms with E-state index in [1.807, 2.05) is 38.1 Å². The molecule has 0 bridgehead atoms. The summed E-state index contributed by atoms with van der Waals surface area (Å²) in [5.41, 5.74) is 7.45. The standard InChI is InChI=1S/C22H29FN4O2/c1-15-6-4-5-7-20(15)29-16(2)13-26-22(25-3)27-14-18(21(24)28)12-17-8-10-19(23)11-9-17/h4-11,16,18H,12-14H2,1-3H3,(H2,24,28)(H2,25,26,27). The number of hydrogen-bond donors (Lipinski definition) is 3. The Kier molecular flexibility index (Phi) is 8.45. The first-order valence-corrected chi connectivity index (χ1v) is 9.59. The molecule has 7 heteroatoms. The van der Waals surface area contributed by atoms with Gasteiger partial charge >= 0.3 is 0 Å². The lowest BCUT2D eigenvalue weighted by molar-refractivity contribution is -0.121. The van der Waals surface area contributed by atoms with Crippen molar-refractivity contribution in [3.05, 3.63) is 65.5 Å². The van der Waals surface area contributed by atoms with Gasteiger partial charge in [0.25, 0.3) is 0 Å². The summed E-state index contributed by atoms with van der Waals surface area (Å²) in [7, 11) is 1.65. The molecule has 29 heavy (non-hydrogen) atoms. The van der Waals surface area contributed by atoms with Crippen LogP contribution in [0.1, 0.15) is 18.1 Å². The highest BCUT2D eigenvalue weighted by atomic mass is 19.1. The molecule has 0 aromatic heterocycles. The second-order valence-corrected chi connectivity index (χ2v) is 6.96. The van der Waals surface area contributed by atoms with E-state index in [0.29, 0.717) is 25.5 Å². The van der Waals surface area contributed by atoms with E-state index in [9.17, 15) is 9.18 Å². The minimum atomic E-state index is -0.445. The fraction of sp³-hybridized carbons (Fsp3) is 0.364. The Morgan fingerprint density at radius 2 is 1.79 bits per heavy atom. The number of ether oxygens (including phenoxy) is 1. The van der Waals surface area contributed by atoms with E-state index >= 15 is 0 Å². The van der Waals surface area contributed by atoms with Crippen molar-refractivity contribution in [2.24, 2.45) is 16.6 Å². The number of aryl methyl sites for hydroxylation is 1. The van der Waals surface area contributed by atoms with Crippen LogP contribution in [0.25, 0.3) is 0 Å². The molecule has 156 valence electrons. The third kappa shape index (κ3) is 7.44. The predicted molar refractivity (Wildman–Crippen MR) is 113 cm³/mol. The summed E-state index contributed by atoms with van der Waals surface area (Å²) in [4.78, 5) is 16.0. The first-order chi connectivity index (χ1) is 13.9. The number of nitrogens with one attached hydrogen (secondary N) is 2. The number of carbonyl (C=O) groups excluding carboxylic acids is 1. The number of para-hydroxylation sites is 1. The van der Waals surface area contributed by atoms with Gasteiger partial charge in [-0.15, -0.1) is 0 Å². The highest BCUT2D eigenvalue weighted by Gasteiger charge is 2.17. The van der Waals surface area contributed by atoms with Gasteiger partial charge in [-0.3, -0.25) is 9.79 Å². The fourth-order valence-corrected chi connectivity index (χ4v) is 2.81. The number of halogens is 1. The van der Waals surface area contributed by atoms with E-state index < -0.39 is 11.8 Å². The Bertz CT molecular complexity index is 824. The molecule has 2 rings (SSSR count). The topological polar surface area (TPSA) is 88.7 Å². The second-order valence-electron chi connectivity index (χ2n) is 6.96. The zero-order valence-electron chi connectivity index (χ0n) is 17.1. The number of rotatable bonds is 9. The number of amides is 1. The first-order valence-electron chi connectivity index (χ1n) is 9.59. The van der Waals surface area contributed by atoms with Gasteiger partial charge in [-0.1, -0.05) is 30.3 Å². The number of nitrogens with two attached hydrogens (primary N) is 1. The zero-order chi connectivity index (χ0) is 21.2. The van der Waals surface area contributed by atoms with Crippen LogP contribution in [0, 0.1) is 18.7 Å². The van der Waals surface area contributed by atoms with Crippen molar-refractivity contribution < 1.29 is 13.9 Å². The van der Waals surface area contributed by atoms with Gasteiger partial charge in [0, 0.05) is 13.6 Å². The lowest BCUT2D eigenvalue weighted by atomic mass is 9.98. The quantitative estimate of drug-likeness (QED) is 0.446. The zero-order valence-corrected chi connectivity index (χ0v) is 17.1. The summed E-state index contributed by atoms with van der Waals surface area (Å²) in [6.45, 7) is 4.82. The lowest BCUT2D eigenvalue weighted by Gasteiger charge is -2.20. The highest BCUT2D eigenvalue weighted by Crippen LogP contribution is 2.17. The van der Waals surface area contributed by atoms with Crippen molar-refractivity contribution in [3.63, 3.8) is 0 Å². The maximum atomic E-state index is 13.1. The van der Waals surface area contributed by atoms with Gasteiger partial charge in [-0.2, -0.15) is 0 Å². The largest absolute Gasteiger partial charge is 0.489 e. The molecule has 0 fully saturated rings. The molecule has 6 nitrogen and oxygen atoms in total. The van der Waals surface area contributed by atoms with Crippen LogP contribution in [-0.4, -0.2) is 38.1 Å². The molecule has 0 aliphatic carbocycles. The minimum absolute atomic E-state index is 0.0826. The van der Waals surface area contributed by atoms with Gasteiger partial charge in [-0.25, -0.2) is 4.39 Å². The van der Waals surface area contributed by atoms with E-state index in [0.717, 1.165) is 16.9 Å². The Hall–Kier alpha value is -3.09. The van der Waals surface area contributed by atoms with Crippen molar-refractivity contribution in [1.29, 1.82) is 0 Å². The van der Waals surface area contributed by atoms with Gasteiger partial charge < -0.3 is 21.1 Å². The van der Waals surface area contributed by atoms with Gasteiger partial charge in [0.05, 0.1) is 12.5 Å². The molecule has 2 aromatic carbocycles. The molecule has 2 unspecified atom stereocenters. The number of benzene rings is 2. The van der Waals surface area contributed by atoms with Crippen molar-refractivity contribution in [2.45, 2.75) is 26.4 Å². The molecular weight excluding hydrogens is 371 g/mol. The van der Waals surface area contributed by atoms with Gasteiger partial charge in [0.15, 0.2) is 5.96 Å². The second kappa shape index (κ2) is 11.0. The molecular formula is C22H29FN4O2. The van der Waals surface area contributed by atoms with E-state index in [2.05, 4.69) is 15.6 Å². The number of carbonyl (C=O) groups is 1. The number of aliphatic imine (C=N–C) groups is 1. The third-order valence-corrected chi connectivity index (χ3v) is 4.52. The Morgan fingerprint density at radius 1 is 1.14 bits per heavy atom. The molecule has 0 aliphatic rings. The minimum Gasteiger partial charge on any atom is -0.489 e. The van der Waals surface area contributed by atoms with Gasteiger partial charge in [0.1, 0.15) is 17.7 Å². The van der Waals surface area contributed by atoms with Crippen LogP contribution < -0.4 is 21.1 Å². The Balaban J connectivity index is 1.83. The van der Waals surface area contributed by atoms with E-state index in [1.54, 1.807) is 19.2 Å². The van der Waals surface area contributed by atoms with E-state index in [4.69, 9.17) is 10.5 Å². The molecule has 4 N–H and O–H groups in total. The van der Waals surface area contributed by atoms with Crippen LogP contribution in [-0.2, 0) is 11.2 Å². The van der Waals surface area contributed by atoms with Crippen LogP contribution in [0.3, 0.4) is 0 Å². The molecule has 1 amide bonds. The first kappa shape index (κ1) is 22.2. The molecule has 2 atom stereocenters. The SMILES string of the molecule is CN=C(NCC(C)Oc1ccccc1C)NCC(Cc1ccc(F)cc1)C(N)=O. The molecule has 0 saturated heterocycles. The van der Waals surface area contributed by atoms with Crippen LogP contribution >= 0.6 is 0 Å². The molecule has 2 aromatic rings. The van der Waals surface area contributed by atoms with Gasteiger partial charge in [-0.05, 0) is 49.6 Å². The van der Waals surface area contributed by atoms with Gasteiger partial charge in [0.2, 0.25) is 5.91 Å². The van der Waals surface area contributed by atoms with E-state index in [-0.39, 0.29) is 11.9 Å². The van der Waals surface area contributed by atoms with Crippen LogP contribution in [0.5, 0.6) is 5.75 Å². The van der Waals surface area contributed by atoms with Crippen LogP contribution in [0.2, 0.25) is 0 Å². The summed E-state index contributed by atoms with van der Waals surface area (Å²) in [5, 5.41) is 6.31. The molecule has 0 heterocycles. The number of hydrogen-bond acceptors (Lipinski definition) is 3. The average molecular weight is 400 g/mol. The summed E-state index contributed by atoms with van der Waals surface area (Å²) < 4.78 is 19.0. The normalized spacial score (nSPS) is 13.4. The maximum absolute atomic E-state index is 13.1. The lowest BCUT2D eigenvalue weighted by Crippen LogP contribution is -2.45. The number of primary amides is 1. The number of nitrogens with zero attached hydrogens (tertiary/aromatic N) is 1. The Labute approximate surface area is 171 Å². The predicted octanol–water partition coefficient (Wildman–Crippen LogP) is 2.41. The highest BCUT2D eigenvalue weighted by molar-refractivity contribution is 5.81. The number of guanidine groups is 1. The Morgan fingerprint density at radius 3 is 2.41 bits per heavy atom. The molecule has 0 saturated carbocycles. The molecule has 0 radical (unpaired) electrons. The van der Waals surface area contributed by atoms with E-state index in [1.165, 1.54) is 12.1 Å². The monoisotopic (exact) mass is 400 g/mol. The van der Waals surface area contributed by atoms with Crippen molar-refractivity contribution >= 4 is 11.9 Å². The fourth-order valence-electron chi connectivity index (χ4n) is 2.81. The maximum Gasteiger partial charge on any atom is 0.222 e.